The Hall–Kier alpha value is -3.64. The van der Waals surface area contributed by atoms with Crippen LogP contribution in [0.15, 0.2) is 78.9 Å². The second-order valence-corrected chi connectivity index (χ2v) is 11.7. The number of carboxylic acids is 1. The number of carbonyl (C=O) groups is 3. The number of aliphatic carboxylic acids is 1. The van der Waals surface area contributed by atoms with Crippen LogP contribution in [0.25, 0.3) is 11.1 Å². The molecular formula is C33H39ClN2O4. The van der Waals surface area contributed by atoms with Gasteiger partial charge in [-0.2, -0.15) is 0 Å². The summed E-state index contributed by atoms with van der Waals surface area (Å²) in [4.78, 5) is 38.2. The summed E-state index contributed by atoms with van der Waals surface area (Å²) in [5, 5.41) is 16.0. The third kappa shape index (κ3) is 8.95. The van der Waals surface area contributed by atoms with Gasteiger partial charge in [0.15, 0.2) is 0 Å². The van der Waals surface area contributed by atoms with Crippen LogP contribution in [-0.4, -0.2) is 28.9 Å². The van der Waals surface area contributed by atoms with Crippen molar-refractivity contribution in [3.63, 3.8) is 0 Å². The van der Waals surface area contributed by atoms with Gasteiger partial charge in [-0.1, -0.05) is 105 Å². The second kappa shape index (κ2) is 14.1. The van der Waals surface area contributed by atoms with E-state index in [1.165, 1.54) is 0 Å². The number of hydrogen-bond donors (Lipinski definition) is 3. The highest BCUT2D eigenvalue weighted by atomic mass is 35.5. The van der Waals surface area contributed by atoms with E-state index in [2.05, 4.69) is 10.6 Å². The van der Waals surface area contributed by atoms with E-state index in [0.29, 0.717) is 24.3 Å². The van der Waals surface area contributed by atoms with E-state index in [1.54, 1.807) is 0 Å². The first kappa shape index (κ1) is 30.9. The van der Waals surface area contributed by atoms with Gasteiger partial charge in [0.05, 0.1) is 12.5 Å². The third-order valence-corrected chi connectivity index (χ3v) is 7.31. The first-order chi connectivity index (χ1) is 19.0. The Morgan fingerprint density at radius 2 is 1.50 bits per heavy atom. The minimum Gasteiger partial charge on any atom is -0.481 e. The fraction of sp³-hybridized carbons (Fsp3) is 0.364. The van der Waals surface area contributed by atoms with Crippen LogP contribution >= 0.6 is 11.6 Å². The van der Waals surface area contributed by atoms with Gasteiger partial charge in [0.25, 0.3) is 0 Å². The van der Waals surface area contributed by atoms with Gasteiger partial charge in [0.2, 0.25) is 11.8 Å². The average molecular weight is 563 g/mol. The van der Waals surface area contributed by atoms with Gasteiger partial charge in [0.1, 0.15) is 6.04 Å². The highest BCUT2D eigenvalue weighted by Gasteiger charge is 2.35. The Bertz CT molecular complexity index is 1290. The predicted octanol–water partition coefficient (Wildman–Crippen LogP) is 6.83. The van der Waals surface area contributed by atoms with Crippen molar-refractivity contribution >= 4 is 29.4 Å². The van der Waals surface area contributed by atoms with Gasteiger partial charge < -0.3 is 15.7 Å². The lowest BCUT2D eigenvalue weighted by atomic mass is 9.85. The number of halogens is 1. The molecule has 0 bridgehead atoms. The number of carbonyl (C=O) groups excluding carboxylic acids is 2. The summed E-state index contributed by atoms with van der Waals surface area (Å²) in [6.45, 7) is 7.51. The molecule has 2 amide bonds. The zero-order valence-electron chi connectivity index (χ0n) is 23.6. The van der Waals surface area contributed by atoms with Crippen molar-refractivity contribution in [3.05, 3.63) is 95.0 Å². The fourth-order valence-electron chi connectivity index (χ4n) is 4.71. The lowest BCUT2D eigenvalue weighted by Crippen LogP contribution is -2.55. The lowest BCUT2D eigenvalue weighted by Gasteiger charge is -2.32. The maximum absolute atomic E-state index is 13.3. The van der Waals surface area contributed by atoms with Crippen LogP contribution in [-0.2, 0) is 20.8 Å². The number of nitrogens with one attached hydrogen (secondary N) is 2. The minimum atomic E-state index is -1.05. The molecule has 212 valence electrons. The number of amides is 2. The monoisotopic (exact) mass is 562 g/mol. The van der Waals surface area contributed by atoms with Gasteiger partial charge in [-0.05, 0) is 54.4 Å². The summed E-state index contributed by atoms with van der Waals surface area (Å²) in [7, 11) is 0. The minimum absolute atomic E-state index is 0.245. The molecule has 0 unspecified atom stereocenters. The zero-order chi connectivity index (χ0) is 29.3. The summed E-state index contributed by atoms with van der Waals surface area (Å²) in [5.74, 6) is -2.55. The second-order valence-electron chi connectivity index (χ2n) is 11.3. The van der Waals surface area contributed by atoms with Crippen LogP contribution in [0.3, 0.4) is 0 Å². The molecule has 0 heterocycles. The number of benzene rings is 3. The van der Waals surface area contributed by atoms with Gasteiger partial charge >= 0.3 is 5.97 Å². The molecule has 3 rings (SSSR count). The van der Waals surface area contributed by atoms with Crippen molar-refractivity contribution in [1.82, 2.24) is 10.6 Å². The molecule has 3 atom stereocenters. The van der Waals surface area contributed by atoms with E-state index >= 15 is 0 Å². The Kier molecular flexibility index (Phi) is 10.9. The van der Waals surface area contributed by atoms with E-state index in [9.17, 15) is 19.5 Å². The first-order valence-corrected chi connectivity index (χ1v) is 14.0. The number of hydrogen-bond acceptors (Lipinski definition) is 3. The summed E-state index contributed by atoms with van der Waals surface area (Å²) in [5.41, 5.74) is 3.37. The van der Waals surface area contributed by atoms with Gasteiger partial charge in [-0.3, -0.25) is 14.4 Å². The molecule has 0 saturated heterocycles. The topological polar surface area (TPSA) is 95.5 Å². The molecular weight excluding hydrogens is 524 g/mol. The Morgan fingerprint density at radius 3 is 2.08 bits per heavy atom. The molecule has 40 heavy (non-hydrogen) atoms. The summed E-state index contributed by atoms with van der Waals surface area (Å²) < 4.78 is 0. The molecule has 3 aromatic rings. The van der Waals surface area contributed by atoms with Crippen LogP contribution in [0.2, 0.25) is 5.02 Å². The van der Waals surface area contributed by atoms with Gasteiger partial charge in [0, 0.05) is 16.5 Å². The van der Waals surface area contributed by atoms with E-state index < -0.39 is 29.3 Å². The zero-order valence-corrected chi connectivity index (χ0v) is 24.4. The van der Waals surface area contributed by atoms with Crippen molar-refractivity contribution in [3.8, 4) is 11.1 Å². The van der Waals surface area contributed by atoms with Crippen molar-refractivity contribution < 1.29 is 19.5 Å². The summed E-state index contributed by atoms with van der Waals surface area (Å²) >= 11 is 6.55. The van der Waals surface area contributed by atoms with Crippen LogP contribution in [0.4, 0.5) is 0 Å². The SMILES string of the molecule is C[C@@H](NC(=O)[C@@H](NC(=O)[C@H](CCCc1ccc(-c2ccccc2)c(Cl)c1)CC(=O)O)C(C)(C)C)c1ccccc1. The van der Waals surface area contributed by atoms with Crippen molar-refractivity contribution in [1.29, 1.82) is 0 Å². The highest BCUT2D eigenvalue weighted by Crippen LogP contribution is 2.29. The normalized spacial score (nSPS) is 13.6. The molecule has 0 aliphatic rings. The van der Waals surface area contributed by atoms with Gasteiger partial charge in [-0.25, -0.2) is 0 Å². The molecule has 3 aromatic carbocycles. The van der Waals surface area contributed by atoms with E-state index in [-0.39, 0.29) is 18.4 Å². The first-order valence-electron chi connectivity index (χ1n) is 13.7. The van der Waals surface area contributed by atoms with Crippen molar-refractivity contribution in [2.24, 2.45) is 11.3 Å². The lowest BCUT2D eigenvalue weighted by molar-refractivity contribution is -0.142. The maximum Gasteiger partial charge on any atom is 0.304 e. The van der Waals surface area contributed by atoms with Crippen LogP contribution < -0.4 is 10.6 Å². The van der Waals surface area contributed by atoms with E-state index in [0.717, 1.165) is 22.3 Å². The fourth-order valence-corrected chi connectivity index (χ4v) is 5.02. The van der Waals surface area contributed by atoms with Crippen molar-refractivity contribution in [2.45, 2.75) is 65.5 Å². The largest absolute Gasteiger partial charge is 0.481 e. The molecule has 0 aliphatic heterocycles. The van der Waals surface area contributed by atoms with Crippen LogP contribution in [0.1, 0.15) is 64.1 Å². The molecule has 0 aromatic heterocycles. The molecule has 3 N–H and O–H groups in total. The number of aryl methyl sites for hydroxylation is 1. The average Bonchev–Trinajstić information content (AvgIpc) is 2.91. The molecule has 0 fully saturated rings. The van der Waals surface area contributed by atoms with Crippen LogP contribution in [0.5, 0.6) is 0 Å². The Morgan fingerprint density at radius 1 is 0.875 bits per heavy atom. The summed E-state index contributed by atoms with van der Waals surface area (Å²) in [6, 6.07) is 24.3. The molecule has 0 radical (unpaired) electrons. The standard InChI is InChI=1S/C33H39ClN2O4/c1-22(24-13-7-5-8-14-24)35-32(40)30(33(2,3)4)36-31(39)26(21-29(37)38)17-11-12-23-18-19-27(28(34)20-23)25-15-9-6-10-16-25/h5-10,13-16,18-20,22,26,30H,11-12,17,21H2,1-4H3,(H,35,40)(H,36,39)(H,37,38)/t22-,26-,30-/m1/s1. The maximum atomic E-state index is 13.3. The molecule has 6 nitrogen and oxygen atoms in total. The molecule has 7 heteroatoms. The quantitative estimate of drug-likeness (QED) is 0.225. The van der Waals surface area contributed by atoms with Crippen molar-refractivity contribution in [2.75, 3.05) is 0 Å². The van der Waals surface area contributed by atoms with E-state index in [4.69, 9.17) is 11.6 Å². The van der Waals surface area contributed by atoms with Crippen LogP contribution in [0, 0.1) is 11.3 Å². The molecule has 0 saturated carbocycles. The third-order valence-electron chi connectivity index (χ3n) is 7.00. The summed E-state index contributed by atoms with van der Waals surface area (Å²) in [6.07, 6.45) is 1.31. The smallest absolute Gasteiger partial charge is 0.304 e. The van der Waals surface area contributed by atoms with E-state index in [1.807, 2.05) is 107 Å². The highest BCUT2D eigenvalue weighted by molar-refractivity contribution is 6.33. The van der Waals surface area contributed by atoms with Gasteiger partial charge in [-0.15, -0.1) is 0 Å². The Labute approximate surface area is 242 Å². The predicted molar refractivity (Wildman–Crippen MR) is 160 cm³/mol. The number of rotatable bonds is 12. The molecule has 0 spiro atoms. The Balaban J connectivity index is 1.65. The molecule has 0 aliphatic carbocycles. The number of carboxylic acid groups (broad SMARTS) is 1.